The zero-order valence-corrected chi connectivity index (χ0v) is 13.1. The van der Waals surface area contributed by atoms with E-state index in [0.29, 0.717) is 0 Å². The molecule has 1 unspecified atom stereocenters. The van der Waals surface area contributed by atoms with Crippen LogP contribution in [0.25, 0.3) is 0 Å². The second-order valence-corrected chi connectivity index (χ2v) is 6.61. The van der Waals surface area contributed by atoms with Crippen molar-refractivity contribution in [2.24, 2.45) is 0 Å². The number of aryl methyl sites for hydroxylation is 1. The lowest BCUT2D eigenvalue weighted by molar-refractivity contribution is -0.113. The number of benzene rings is 1. The molecular formula is C17H23NO3. The Labute approximate surface area is 126 Å². The highest BCUT2D eigenvalue weighted by Gasteiger charge is 2.40. The van der Waals surface area contributed by atoms with Crippen LogP contribution in [0.2, 0.25) is 0 Å². The van der Waals surface area contributed by atoms with Gasteiger partial charge in [-0.1, -0.05) is 29.8 Å². The summed E-state index contributed by atoms with van der Waals surface area (Å²) in [6.07, 6.45) is 2.26. The summed E-state index contributed by atoms with van der Waals surface area (Å²) in [5.74, 6) is 0. The van der Waals surface area contributed by atoms with Gasteiger partial charge in [0.2, 0.25) is 0 Å². The van der Waals surface area contributed by atoms with Crippen LogP contribution in [-0.4, -0.2) is 28.9 Å². The van der Waals surface area contributed by atoms with Crippen LogP contribution in [0.3, 0.4) is 0 Å². The fraction of sp³-hybridized carbons (Fsp3) is 0.529. The molecule has 0 heterocycles. The van der Waals surface area contributed by atoms with Gasteiger partial charge in [0.1, 0.15) is 17.9 Å². The van der Waals surface area contributed by atoms with Gasteiger partial charge in [0.25, 0.3) is 0 Å². The number of ether oxygens (including phenoxy) is 1. The van der Waals surface area contributed by atoms with E-state index < -0.39 is 17.7 Å². The van der Waals surface area contributed by atoms with Crippen molar-refractivity contribution in [1.29, 1.82) is 0 Å². The number of aldehydes is 1. The summed E-state index contributed by atoms with van der Waals surface area (Å²) in [6.45, 7) is 7.49. The number of hydrogen-bond acceptors (Lipinski definition) is 3. The van der Waals surface area contributed by atoms with Crippen LogP contribution in [0.4, 0.5) is 4.79 Å². The molecular weight excluding hydrogens is 266 g/mol. The summed E-state index contributed by atoms with van der Waals surface area (Å²) < 4.78 is 5.46. The van der Waals surface area contributed by atoms with Crippen molar-refractivity contribution >= 4 is 12.4 Å². The molecule has 1 amide bonds. The van der Waals surface area contributed by atoms with Gasteiger partial charge in [0, 0.05) is 6.04 Å². The molecule has 1 saturated carbocycles. The Morgan fingerprint density at radius 3 is 2.29 bits per heavy atom. The van der Waals surface area contributed by atoms with E-state index in [-0.39, 0.29) is 6.04 Å². The van der Waals surface area contributed by atoms with Crippen molar-refractivity contribution in [3.05, 3.63) is 35.4 Å². The lowest BCUT2D eigenvalue weighted by Crippen LogP contribution is -2.41. The van der Waals surface area contributed by atoms with E-state index in [0.717, 1.165) is 30.3 Å². The molecule has 1 aromatic rings. The van der Waals surface area contributed by atoms with Gasteiger partial charge in [0.05, 0.1) is 0 Å². The van der Waals surface area contributed by atoms with Gasteiger partial charge in [-0.15, -0.1) is 0 Å². The summed E-state index contributed by atoms with van der Waals surface area (Å²) in [5.41, 5.74) is 1.39. The molecule has 0 aromatic heterocycles. The molecule has 4 heteroatoms. The molecule has 1 fully saturated rings. The number of amides is 1. The molecule has 21 heavy (non-hydrogen) atoms. The first-order chi connectivity index (χ1) is 9.81. The molecule has 1 aromatic carbocycles. The maximum absolute atomic E-state index is 12.4. The second-order valence-electron chi connectivity index (χ2n) is 6.61. The summed E-state index contributed by atoms with van der Waals surface area (Å²) in [6, 6.07) is 7.23. The van der Waals surface area contributed by atoms with Crippen LogP contribution in [0.1, 0.15) is 50.8 Å². The molecule has 0 aliphatic heterocycles. The Morgan fingerprint density at radius 1 is 1.29 bits per heavy atom. The quantitative estimate of drug-likeness (QED) is 0.795. The van der Waals surface area contributed by atoms with Gasteiger partial charge >= 0.3 is 6.09 Å². The molecule has 1 aliphatic rings. The SMILES string of the molecule is Cc1ccc(C(C=O)N(C(=O)OC(C)(C)C)C2CC2)cc1. The molecule has 2 rings (SSSR count). The topological polar surface area (TPSA) is 46.6 Å². The lowest BCUT2D eigenvalue weighted by atomic mass is 10.0. The number of carbonyl (C=O) groups is 2. The van der Waals surface area contributed by atoms with E-state index in [1.54, 1.807) is 4.90 Å². The summed E-state index contributed by atoms with van der Waals surface area (Å²) in [4.78, 5) is 25.6. The molecule has 0 spiro atoms. The predicted octanol–water partition coefficient (Wildman–Crippen LogP) is 3.63. The second kappa shape index (κ2) is 5.88. The van der Waals surface area contributed by atoms with E-state index in [1.807, 2.05) is 52.0 Å². The van der Waals surface area contributed by atoms with Gasteiger partial charge in [-0.3, -0.25) is 4.90 Å². The number of nitrogens with zero attached hydrogens (tertiary/aromatic N) is 1. The van der Waals surface area contributed by atoms with Crippen LogP contribution in [0, 0.1) is 6.92 Å². The van der Waals surface area contributed by atoms with Crippen LogP contribution >= 0.6 is 0 Å². The standard InChI is InChI=1S/C17H23NO3/c1-12-5-7-13(8-6-12)15(11-19)18(14-9-10-14)16(20)21-17(2,3)4/h5-8,11,14-15H,9-10H2,1-4H3. The third-order valence-corrected chi connectivity index (χ3v) is 3.39. The minimum absolute atomic E-state index is 0.108. The Kier molecular flexibility index (Phi) is 4.35. The van der Waals surface area contributed by atoms with Gasteiger partial charge in [-0.2, -0.15) is 0 Å². The minimum atomic E-state index is -0.576. The van der Waals surface area contributed by atoms with Crippen molar-refractivity contribution < 1.29 is 14.3 Å². The third kappa shape index (κ3) is 4.06. The van der Waals surface area contributed by atoms with E-state index in [1.165, 1.54) is 0 Å². The monoisotopic (exact) mass is 289 g/mol. The molecule has 1 atom stereocenters. The van der Waals surface area contributed by atoms with Crippen LogP contribution in [0.5, 0.6) is 0 Å². The maximum Gasteiger partial charge on any atom is 0.411 e. The molecule has 0 radical (unpaired) electrons. The fourth-order valence-corrected chi connectivity index (χ4v) is 2.23. The lowest BCUT2D eigenvalue weighted by Gasteiger charge is -2.31. The summed E-state index contributed by atoms with van der Waals surface area (Å²) >= 11 is 0. The smallest absolute Gasteiger partial charge is 0.411 e. The van der Waals surface area contributed by atoms with Crippen molar-refractivity contribution in [1.82, 2.24) is 4.90 Å². The first-order valence-electron chi connectivity index (χ1n) is 7.35. The highest BCUT2D eigenvalue weighted by atomic mass is 16.6. The van der Waals surface area contributed by atoms with Gasteiger partial charge < -0.3 is 9.53 Å². The Hall–Kier alpha value is -1.84. The summed E-state index contributed by atoms with van der Waals surface area (Å²) in [5, 5.41) is 0. The first kappa shape index (κ1) is 15.5. The van der Waals surface area contributed by atoms with Crippen LogP contribution in [0.15, 0.2) is 24.3 Å². The molecule has 114 valence electrons. The molecule has 0 bridgehead atoms. The highest BCUT2D eigenvalue weighted by Crippen LogP contribution is 2.35. The van der Waals surface area contributed by atoms with Crippen LogP contribution < -0.4 is 0 Å². The van der Waals surface area contributed by atoms with Crippen molar-refractivity contribution in [2.45, 2.75) is 58.2 Å². The van der Waals surface area contributed by atoms with E-state index >= 15 is 0 Å². The van der Waals surface area contributed by atoms with E-state index in [9.17, 15) is 9.59 Å². The van der Waals surface area contributed by atoms with Gasteiger partial charge in [0.15, 0.2) is 0 Å². The first-order valence-corrected chi connectivity index (χ1v) is 7.35. The number of hydrogen-bond donors (Lipinski definition) is 0. The Bertz CT molecular complexity index is 512. The average molecular weight is 289 g/mol. The highest BCUT2D eigenvalue weighted by molar-refractivity contribution is 5.75. The predicted molar refractivity (Wildman–Crippen MR) is 81.1 cm³/mol. The van der Waals surface area contributed by atoms with Crippen molar-refractivity contribution in [3.8, 4) is 0 Å². The maximum atomic E-state index is 12.4. The molecule has 0 N–H and O–H groups in total. The Balaban J connectivity index is 2.24. The summed E-state index contributed by atoms with van der Waals surface area (Å²) in [7, 11) is 0. The normalized spacial score (nSPS) is 16.2. The molecule has 4 nitrogen and oxygen atoms in total. The Morgan fingerprint density at radius 2 is 1.86 bits per heavy atom. The number of rotatable bonds is 4. The average Bonchev–Trinajstić information content (AvgIpc) is 3.19. The molecule has 1 aliphatic carbocycles. The number of carbonyl (C=O) groups excluding carboxylic acids is 2. The zero-order valence-electron chi connectivity index (χ0n) is 13.1. The third-order valence-electron chi connectivity index (χ3n) is 3.39. The van der Waals surface area contributed by atoms with E-state index in [2.05, 4.69) is 0 Å². The van der Waals surface area contributed by atoms with Crippen molar-refractivity contribution in [2.75, 3.05) is 0 Å². The minimum Gasteiger partial charge on any atom is -0.444 e. The zero-order chi connectivity index (χ0) is 15.6. The van der Waals surface area contributed by atoms with Gasteiger partial charge in [-0.05, 0) is 46.1 Å². The van der Waals surface area contributed by atoms with Crippen LogP contribution in [-0.2, 0) is 9.53 Å². The largest absolute Gasteiger partial charge is 0.444 e. The molecule has 0 saturated heterocycles. The van der Waals surface area contributed by atoms with Crippen molar-refractivity contribution in [3.63, 3.8) is 0 Å². The fourth-order valence-electron chi connectivity index (χ4n) is 2.23. The van der Waals surface area contributed by atoms with Gasteiger partial charge in [-0.25, -0.2) is 4.79 Å². The van der Waals surface area contributed by atoms with E-state index in [4.69, 9.17) is 4.74 Å².